The molecule has 1 aromatic carbocycles. The SMILES string of the molecule is CN=C(NCCOCCC(C)C)NCc1ccc(OC(C)C)cc1.I. The molecule has 0 aliphatic carbocycles. The fourth-order valence-corrected chi connectivity index (χ4v) is 2.03. The standard InChI is InChI=1S/C19H33N3O2.HI/c1-15(2)10-12-23-13-11-21-19(20-5)22-14-17-6-8-18(9-7-17)24-16(3)4;/h6-9,15-16H,10-14H2,1-5H3,(H2,20,21,22);1H. The van der Waals surface area contributed by atoms with E-state index in [4.69, 9.17) is 9.47 Å². The maximum Gasteiger partial charge on any atom is 0.191 e. The van der Waals surface area contributed by atoms with Crippen molar-refractivity contribution in [2.45, 2.75) is 46.8 Å². The molecule has 0 aromatic heterocycles. The average molecular weight is 463 g/mol. The van der Waals surface area contributed by atoms with Crippen molar-refractivity contribution in [1.82, 2.24) is 10.6 Å². The quantitative estimate of drug-likeness (QED) is 0.240. The fraction of sp³-hybridized carbons (Fsp3) is 0.632. The summed E-state index contributed by atoms with van der Waals surface area (Å²) in [4.78, 5) is 4.22. The molecule has 5 nitrogen and oxygen atoms in total. The molecular weight excluding hydrogens is 429 g/mol. The van der Waals surface area contributed by atoms with Crippen molar-refractivity contribution in [3.05, 3.63) is 29.8 Å². The molecule has 0 amide bonds. The zero-order valence-corrected chi connectivity index (χ0v) is 18.5. The van der Waals surface area contributed by atoms with E-state index >= 15 is 0 Å². The number of ether oxygens (including phenoxy) is 2. The summed E-state index contributed by atoms with van der Waals surface area (Å²) in [5.41, 5.74) is 1.18. The van der Waals surface area contributed by atoms with Gasteiger partial charge in [0.05, 0.1) is 12.7 Å². The fourth-order valence-electron chi connectivity index (χ4n) is 2.03. The van der Waals surface area contributed by atoms with Crippen LogP contribution in [0.25, 0.3) is 0 Å². The van der Waals surface area contributed by atoms with Crippen LogP contribution in [0.2, 0.25) is 0 Å². The lowest BCUT2D eigenvalue weighted by atomic mass is 10.1. The number of rotatable bonds is 10. The molecule has 0 saturated carbocycles. The van der Waals surface area contributed by atoms with Crippen LogP contribution in [0.4, 0.5) is 0 Å². The number of hydrogen-bond acceptors (Lipinski definition) is 3. The van der Waals surface area contributed by atoms with Crippen molar-refractivity contribution in [2.24, 2.45) is 10.9 Å². The predicted molar refractivity (Wildman–Crippen MR) is 116 cm³/mol. The van der Waals surface area contributed by atoms with E-state index in [2.05, 4.69) is 41.6 Å². The lowest BCUT2D eigenvalue weighted by Crippen LogP contribution is -2.38. The summed E-state index contributed by atoms with van der Waals surface area (Å²) < 4.78 is 11.2. The summed E-state index contributed by atoms with van der Waals surface area (Å²) in [6, 6.07) is 8.12. The van der Waals surface area contributed by atoms with Gasteiger partial charge in [0.2, 0.25) is 0 Å². The minimum atomic E-state index is 0. The van der Waals surface area contributed by atoms with Gasteiger partial charge in [0, 0.05) is 26.7 Å². The summed E-state index contributed by atoms with van der Waals surface area (Å²) >= 11 is 0. The zero-order valence-electron chi connectivity index (χ0n) is 16.2. The van der Waals surface area contributed by atoms with E-state index in [0.29, 0.717) is 12.5 Å². The van der Waals surface area contributed by atoms with Crippen LogP contribution >= 0.6 is 24.0 Å². The van der Waals surface area contributed by atoms with Crippen LogP contribution in [-0.2, 0) is 11.3 Å². The molecule has 0 bridgehead atoms. The summed E-state index contributed by atoms with van der Waals surface area (Å²) in [5.74, 6) is 2.37. The second-order valence-electron chi connectivity index (χ2n) is 6.46. The first kappa shape index (κ1) is 24.0. The summed E-state index contributed by atoms with van der Waals surface area (Å²) in [6.07, 6.45) is 1.29. The molecule has 1 aromatic rings. The van der Waals surface area contributed by atoms with Crippen molar-refractivity contribution < 1.29 is 9.47 Å². The van der Waals surface area contributed by atoms with Crippen molar-refractivity contribution in [2.75, 3.05) is 26.8 Å². The van der Waals surface area contributed by atoms with Gasteiger partial charge in [-0.2, -0.15) is 0 Å². The molecule has 0 radical (unpaired) electrons. The molecule has 0 saturated heterocycles. The summed E-state index contributed by atoms with van der Waals surface area (Å²) in [7, 11) is 1.77. The molecule has 0 aliphatic rings. The normalized spacial score (nSPS) is 11.4. The lowest BCUT2D eigenvalue weighted by molar-refractivity contribution is 0.128. The Balaban J connectivity index is 0.00000576. The Hall–Kier alpha value is -1.02. The molecule has 2 N–H and O–H groups in total. The van der Waals surface area contributed by atoms with Crippen LogP contribution in [0, 0.1) is 5.92 Å². The number of nitrogens with zero attached hydrogens (tertiary/aromatic N) is 1. The van der Waals surface area contributed by atoms with Crippen LogP contribution < -0.4 is 15.4 Å². The Morgan fingerprint density at radius 1 is 1.04 bits per heavy atom. The molecule has 6 heteroatoms. The van der Waals surface area contributed by atoms with E-state index in [9.17, 15) is 0 Å². The Morgan fingerprint density at radius 2 is 1.72 bits per heavy atom. The molecule has 0 aliphatic heterocycles. The minimum Gasteiger partial charge on any atom is -0.491 e. The number of benzene rings is 1. The number of halogens is 1. The van der Waals surface area contributed by atoms with Crippen molar-refractivity contribution in [3.8, 4) is 5.75 Å². The smallest absolute Gasteiger partial charge is 0.191 e. The number of aliphatic imine (C=N–C) groups is 1. The van der Waals surface area contributed by atoms with Gasteiger partial charge in [-0.15, -0.1) is 24.0 Å². The molecular formula is C19H34IN3O2. The van der Waals surface area contributed by atoms with Crippen LogP contribution in [0.1, 0.15) is 39.7 Å². The van der Waals surface area contributed by atoms with Gasteiger partial charge in [-0.05, 0) is 43.9 Å². The third-order valence-electron chi connectivity index (χ3n) is 3.36. The van der Waals surface area contributed by atoms with E-state index in [-0.39, 0.29) is 30.1 Å². The number of guanidine groups is 1. The Morgan fingerprint density at radius 3 is 2.28 bits per heavy atom. The highest BCUT2D eigenvalue weighted by Gasteiger charge is 2.01. The van der Waals surface area contributed by atoms with Crippen LogP contribution in [0.3, 0.4) is 0 Å². The van der Waals surface area contributed by atoms with E-state index in [1.54, 1.807) is 7.05 Å². The van der Waals surface area contributed by atoms with Gasteiger partial charge >= 0.3 is 0 Å². The Bertz CT molecular complexity index is 476. The third-order valence-corrected chi connectivity index (χ3v) is 3.36. The molecule has 0 fully saturated rings. The minimum absolute atomic E-state index is 0. The van der Waals surface area contributed by atoms with E-state index in [1.807, 2.05) is 26.0 Å². The number of nitrogens with one attached hydrogen (secondary N) is 2. The lowest BCUT2D eigenvalue weighted by Gasteiger charge is -2.13. The molecule has 0 unspecified atom stereocenters. The van der Waals surface area contributed by atoms with Gasteiger partial charge in [0.1, 0.15) is 5.75 Å². The summed E-state index contributed by atoms with van der Waals surface area (Å²) in [6.45, 7) is 11.4. The Labute approximate surface area is 170 Å². The van der Waals surface area contributed by atoms with Crippen LogP contribution in [0.15, 0.2) is 29.3 Å². The molecule has 144 valence electrons. The van der Waals surface area contributed by atoms with Crippen molar-refractivity contribution in [1.29, 1.82) is 0 Å². The van der Waals surface area contributed by atoms with Crippen LogP contribution in [0.5, 0.6) is 5.75 Å². The maximum atomic E-state index is 5.65. The van der Waals surface area contributed by atoms with Gasteiger partial charge in [-0.1, -0.05) is 26.0 Å². The first-order chi connectivity index (χ1) is 11.5. The summed E-state index contributed by atoms with van der Waals surface area (Å²) in [5, 5.41) is 6.55. The van der Waals surface area contributed by atoms with E-state index < -0.39 is 0 Å². The molecule has 0 atom stereocenters. The average Bonchev–Trinajstić information content (AvgIpc) is 2.54. The molecule has 25 heavy (non-hydrogen) atoms. The van der Waals surface area contributed by atoms with Crippen molar-refractivity contribution in [3.63, 3.8) is 0 Å². The Kier molecular flexibility index (Phi) is 13.6. The van der Waals surface area contributed by atoms with E-state index in [1.165, 1.54) is 5.56 Å². The van der Waals surface area contributed by atoms with Gasteiger partial charge in [0.25, 0.3) is 0 Å². The molecule has 0 heterocycles. The topological polar surface area (TPSA) is 54.9 Å². The van der Waals surface area contributed by atoms with Crippen LogP contribution in [-0.4, -0.2) is 38.9 Å². The molecule has 1 rings (SSSR count). The van der Waals surface area contributed by atoms with E-state index in [0.717, 1.165) is 37.8 Å². The number of hydrogen-bond donors (Lipinski definition) is 2. The maximum absolute atomic E-state index is 5.65. The van der Waals surface area contributed by atoms with Gasteiger partial charge < -0.3 is 20.1 Å². The first-order valence-corrected chi connectivity index (χ1v) is 8.79. The predicted octanol–water partition coefficient (Wildman–Crippen LogP) is 3.82. The zero-order chi connectivity index (χ0) is 17.8. The van der Waals surface area contributed by atoms with Gasteiger partial charge in [-0.25, -0.2) is 0 Å². The second-order valence-corrected chi connectivity index (χ2v) is 6.46. The third kappa shape index (κ3) is 12.0. The highest BCUT2D eigenvalue weighted by molar-refractivity contribution is 14.0. The largest absolute Gasteiger partial charge is 0.491 e. The first-order valence-electron chi connectivity index (χ1n) is 8.79. The van der Waals surface area contributed by atoms with Gasteiger partial charge in [0.15, 0.2) is 5.96 Å². The van der Waals surface area contributed by atoms with Crippen molar-refractivity contribution >= 4 is 29.9 Å². The second kappa shape index (κ2) is 14.2. The molecule has 0 spiro atoms. The highest BCUT2D eigenvalue weighted by Crippen LogP contribution is 2.13. The highest BCUT2D eigenvalue weighted by atomic mass is 127. The van der Waals surface area contributed by atoms with Gasteiger partial charge in [-0.3, -0.25) is 4.99 Å². The monoisotopic (exact) mass is 463 g/mol.